The zero-order valence-corrected chi connectivity index (χ0v) is 9.27. The maximum absolute atomic E-state index is 11.7. The lowest BCUT2D eigenvalue weighted by molar-refractivity contribution is -0.130. The van der Waals surface area contributed by atoms with Crippen LogP contribution in [0.15, 0.2) is 24.4 Å². The van der Waals surface area contributed by atoms with Crippen molar-refractivity contribution in [3.05, 3.63) is 30.1 Å². The quantitative estimate of drug-likeness (QED) is 0.612. The Morgan fingerprint density at radius 1 is 1.53 bits per heavy atom. The van der Waals surface area contributed by atoms with Crippen LogP contribution in [0.3, 0.4) is 0 Å². The van der Waals surface area contributed by atoms with Crippen LogP contribution in [-0.2, 0) is 16.1 Å². The summed E-state index contributed by atoms with van der Waals surface area (Å²) in [4.78, 5) is 26.9. The number of pyridine rings is 1. The summed E-state index contributed by atoms with van der Waals surface area (Å²) >= 11 is 0. The molecule has 6 heteroatoms. The van der Waals surface area contributed by atoms with Crippen molar-refractivity contribution < 1.29 is 9.59 Å². The van der Waals surface area contributed by atoms with Gasteiger partial charge in [0.25, 0.3) is 0 Å². The SMILES string of the molecule is O=C1CNCC(C(=O)NCc2ccccn2)N1. The van der Waals surface area contributed by atoms with Crippen LogP contribution in [0.25, 0.3) is 0 Å². The molecule has 0 saturated carbocycles. The first-order valence-corrected chi connectivity index (χ1v) is 5.43. The van der Waals surface area contributed by atoms with E-state index in [0.717, 1.165) is 5.69 Å². The van der Waals surface area contributed by atoms with Gasteiger partial charge in [0.15, 0.2) is 0 Å². The number of nitrogens with zero attached hydrogens (tertiary/aromatic N) is 1. The largest absolute Gasteiger partial charge is 0.349 e. The Morgan fingerprint density at radius 3 is 3.12 bits per heavy atom. The third-order valence-electron chi connectivity index (χ3n) is 2.46. The molecule has 1 aromatic heterocycles. The average Bonchev–Trinajstić information content (AvgIpc) is 2.37. The predicted octanol–water partition coefficient (Wildman–Crippen LogP) is -1.21. The van der Waals surface area contributed by atoms with Crippen LogP contribution in [-0.4, -0.2) is 35.9 Å². The van der Waals surface area contributed by atoms with E-state index in [1.807, 2.05) is 18.2 Å². The summed E-state index contributed by atoms with van der Waals surface area (Å²) in [5.74, 6) is -0.356. The molecule has 1 atom stereocenters. The monoisotopic (exact) mass is 234 g/mol. The summed E-state index contributed by atoms with van der Waals surface area (Å²) in [7, 11) is 0. The fourth-order valence-electron chi connectivity index (χ4n) is 1.59. The van der Waals surface area contributed by atoms with Gasteiger partial charge in [-0.05, 0) is 12.1 Å². The fraction of sp³-hybridized carbons (Fsp3) is 0.364. The van der Waals surface area contributed by atoms with Crippen LogP contribution < -0.4 is 16.0 Å². The van der Waals surface area contributed by atoms with E-state index in [2.05, 4.69) is 20.9 Å². The summed E-state index contributed by atoms with van der Waals surface area (Å²) in [5, 5.41) is 8.23. The van der Waals surface area contributed by atoms with Crippen LogP contribution in [0.2, 0.25) is 0 Å². The van der Waals surface area contributed by atoms with E-state index in [1.165, 1.54) is 0 Å². The Kier molecular flexibility index (Phi) is 3.66. The van der Waals surface area contributed by atoms with E-state index in [9.17, 15) is 9.59 Å². The van der Waals surface area contributed by atoms with Crippen LogP contribution in [0, 0.1) is 0 Å². The average molecular weight is 234 g/mol. The van der Waals surface area contributed by atoms with Crippen molar-refractivity contribution in [1.82, 2.24) is 20.9 Å². The lowest BCUT2D eigenvalue weighted by atomic mass is 10.2. The number of piperazine rings is 1. The van der Waals surface area contributed by atoms with E-state index in [-0.39, 0.29) is 18.4 Å². The number of carbonyl (C=O) groups is 2. The number of hydrogen-bond acceptors (Lipinski definition) is 4. The maximum atomic E-state index is 11.7. The molecule has 0 spiro atoms. The summed E-state index contributed by atoms with van der Waals surface area (Å²) in [5.41, 5.74) is 0.788. The molecule has 0 bridgehead atoms. The third-order valence-corrected chi connectivity index (χ3v) is 2.46. The molecule has 17 heavy (non-hydrogen) atoms. The second kappa shape index (κ2) is 5.40. The number of rotatable bonds is 3. The zero-order valence-electron chi connectivity index (χ0n) is 9.27. The van der Waals surface area contributed by atoms with E-state index >= 15 is 0 Å². The normalized spacial score (nSPS) is 19.5. The van der Waals surface area contributed by atoms with Crippen LogP contribution in [0.5, 0.6) is 0 Å². The molecule has 90 valence electrons. The molecule has 0 radical (unpaired) electrons. The Labute approximate surface area is 98.8 Å². The molecular weight excluding hydrogens is 220 g/mol. The first-order valence-electron chi connectivity index (χ1n) is 5.43. The van der Waals surface area contributed by atoms with Gasteiger partial charge in [0.05, 0.1) is 18.8 Å². The van der Waals surface area contributed by atoms with Gasteiger partial charge >= 0.3 is 0 Å². The van der Waals surface area contributed by atoms with E-state index in [4.69, 9.17) is 0 Å². The first kappa shape index (κ1) is 11.5. The van der Waals surface area contributed by atoms with Gasteiger partial charge in [0.2, 0.25) is 11.8 Å². The van der Waals surface area contributed by atoms with E-state index in [0.29, 0.717) is 13.1 Å². The van der Waals surface area contributed by atoms with Gasteiger partial charge in [-0.1, -0.05) is 6.07 Å². The van der Waals surface area contributed by atoms with E-state index < -0.39 is 6.04 Å². The lowest BCUT2D eigenvalue weighted by Crippen LogP contribution is -2.58. The second-order valence-electron chi connectivity index (χ2n) is 3.79. The molecule has 6 nitrogen and oxygen atoms in total. The van der Waals surface area contributed by atoms with Gasteiger partial charge in [0, 0.05) is 12.7 Å². The highest BCUT2D eigenvalue weighted by Gasteiger charge is 2.23. The Morgan fingerprint density at radius 2 is 2.41 bits per heavy atom. The molecule has 1 unspecified atom stereocenters. The highest BCUT2D eigenvalue weighted by atomic mass is 16.2. The van der Waals surface area contributed by atoms with Gasteiger partial charge in [-0.2, -0.15) is 0 Å². The smallest absolute Gasteiger partial charge is 0.244 e. The lowest BCUT2D eigenvalue weighted by Gasteiger charge is -2.23. The molecule has 0 aliphatic carbocycles. The topological polar surface area (TPSA) is 83.1 Å². The molecule has 1 saturated heterocycles. The summed E-state index contributed by atoms with van der Waals surface area (Å²) in [6.07, 6.45) is 1.67. The summed E-state index contributed by atoms with van der Waals surface area (Å²) < 4.78 is 0. The molecule has 0 aromatic carbocycles. The minimum atomic E-state index is -0.500. The minimum absolute atomic E-state index is 0.158. The van der Waals surface area contributed by atoms with Crippen molar-refractivity contribution in [3.8, 4) is 0 Å². The highest BCUT2D eigenvalue weighted by Crippen LogP contribution is 1.94. The standard InChI is InChI=1S/C11H14N4O2/c16-10-7-12-6-9(15-10)11(17)14-5-8-3-1-2-4-13-8/h1-4,9,12H,5-7H2,(H,14,17)(H,15,16). The molecule has 2 heterocycles. The second-order valence-corrected chi connectivity index (χ2v) is 3.79. The Balaban J connectivity index is 1.83. The minimum Gasteiger partial charge on any atom is -0.349 e. The van der Waals surface area contributed by atoms with Gasteiger partial charge in [0.1, 0.15) is 6.04 Å². The molecule has 1 fully saturated rings. The molecule has 3 N–H and O–H groups in total. The number of amides is 2. The molecule has 1 aliphatic rings. The molecular formula is C11H14N4O2. The molecule has 2 amide bonds. The fourth-order valence-corrected chi connectivity index (χ4v) is 1.59. The van der Waals surface area contributed by atoms with Gasteiger partial charge in [-0.15, -0.1) is 0 Å². The van der Waals surface area contributed by atoms with E-state index in [1.54, 1.807) is 6.20 Å². The van der Waals surface area contributed by atoms with Crippen molar-refractivity contribution in [2.75, 3.05) is 13.1 Å². The van der Waals surface area contributed by atoms with Crippen molar-refractivity contribution in [2.45, 2.75) is 12.6 Å². The van der Waals surface area contributed by atoms with Crippen LogP contribution in [0.4, 0.5) is 0 Å². The van der Waals surface area contributed by atoms with Crippen molar-refractivity contribution in [2.24, 2.45) is 0 Å². The van der Waals surface area contributed by atoms with Crippen LogP contribution >= 0.6 is 0 Å². The number of aromatic nitrogens is 1. The number of carbonyl (C=O) groups excluding carboxylic acids is 2. The predicted molar refractivity (Wildman–Crippen MR) is 60.9 cm³/mol. The first-order chi connectivity index (χ1) is 8.25. The van der Waals surface area contributed by atoms with Gasteiger partial charge in [-0.25, -0.2) is 0 Å². The molecule has 1 aliphatic heterocycles. The maximum Gasteiger partial charge on any atom is 0.244 e. The Hall–Kier alpha value is -1.95. The molecule has 1 aromatic rings. The van der Waals surface area contributed by atoms with Crippen molar-refractivity contribution in [3.63, 3.8) is 0 Å². The molecule has 2 rings (SSSR count). The van der Waals surface area contributed by atoms with Gasteiger partial charge in [-0.3, -0.25) is 14.6 Å². The Bertz CT molecular complexity index is 407. The number of hydrogen-bond donors (Lipinski definition) is 3. The highest BCUT2D eigenvalue weighted by molar-refractivity contribution is 5.89. The summed E-state index contributed by atoms with van der Waals surface area (Å²) in [6, 6.07) is 5.01. The van der Waals surface area contributed by atoms with Crippen molar-refractivity contribution in [1.29, 1.82) is 0 Å². The van der Waals surface area contributed by atoms with Crippen molar-refractivity contribution >= 4 is 11.8 Å². The zero-order chi connectivity index (χ0) is 12.1. The number of nitrogens with one attached hydrogen (secondary N) is 3. The third kappa shape index (κ3) is 3.25. The van der Waals surface area contributed by atoms with Gasteiger partial charge < -0.3 is 16.0 Å². The summed E-state index contributed by atoms with van der Waals surface area (Å²) in [6.45, 7) is 1.09. The van der Waals surface area contributed by atoms with Crippen LogP contribution in [0.1, 0.15) is 5.69 Å².